The van der Waals surface area contributed by atoms with E-state index in [0.717, 1.165) is 24.1 Å². The van der Waals surface area contributed by atoms with Crippen molar-refractivity contribution < 1.29 is 28.8 Å². The molecule has 0 saturated carbocycles. The molecule has 0 aromatic heterocycles. The van der Waals surface area contributed by atoms with Crippen molar-refractivity contribution in [2.24, 2.45) is 5.73 Å². The lowest BCUT2D eigenvalue weighted by atomic mass is 10.0. The van der Waals surface area contributed by atoms with Crippen molar-refractivity contribution in [3.8, 4) is 0 Å². The first-order chi connectivity index (χ1) is 15.5. The van der Waals surface area contributed by atoms with Crippen molar-refractivity contribution in [3.05, 3.63) is 0 Å². The van der Waals surface area contributed by atoms with E-state index in [9.17, 15) is 0 Å². The second kappa shape index (κ2) is 28.2. The van der Waals surface area contributed by atoms with Crippen LogP contribution in [-0.4, -0.2) is 64.6 Å². The highest BCUT2D eigenvalue weighted by molar-refractivity contribution is 7.45. The lowest BCUT2D eigenvalue weighted by Crippen LogP contribution is -2.42. The van der Waals surface area contributed by atoms with Crippen LogP contribution in [0.1, 0.15) is 123 Å². The highest BCUT2D eigenvalue weighted by Gasteiger charge is 2.10. The average Bonchev–Trinajstić information content (AvgIpc) is 2.70. The van der Waals surface area contributed by atoms with E-state index in [2.05, 4.69) is 27.9 Å². The molecule has 7 nitrogen and oxygen atoms in total. The summed E-state index contributed by atoms with van der Waals surface area (Å²) >= 11 is 0. The van der Waals surface area contributed by atoms with Gasteiger partial charge in [-0.3, -0.25) is 0 Å². The summed E-state index contributed by atoms with van der Waals surface area (Å²) in [5, 5.41) is 8.61. The van der Waals surface area contributed by atoms with E-state index in [-0.39, 0.29) is 0 Å². The molecule has 0 heterocycles. The number of aliphatic hydroxyl groups excluding tert-OH is 1. The Morgan fingerprint density at radius 2 is 0.909 bits per heavy atom. The van der Waals surface area contributed by atoms with Crippen LogP contribution in [0.25, 0.3) is 0 Å². The van der Waals surface area contributed by atoms with Gasteiger partial charge in [0.1, 0.15) is 6.54 Å². The molecular formula is C25H60N2O5P+. The number of phosphoric acid groups is 1. The number of hydrogen-bond acceptors (Lipinski definition) is 3. The zero-order valence-electron chi connectivity index (χ0n) is 22.5. The van der Waals surface area contributed by atoms with Gasteiger partial charge in [0, 0.05) is 0 Å². The van der Waals surface area contributed by atoms with Gasteiger partial charge in [-0.1, -0.05) is 110 Å². The van der Waals surface area contributed by atoms with Gasteiger partial charge in [0.15, 0.2) is 0 Å². The minimum Gasteiger partial charge on any atom is -0.391 e. The molecule has 33 heavy (non-hydrogen) atoms. The molecule has 0 unspecified atom stereocenters. The molecule has 0 aromatic carbocycles. The smallest absolute Gasteiger partial charge is 0.391 e. The monoisotopic (exact) mass is 499 g/mol. The molecule has 0 aliphatic heterocycles. The maximum absolute atomic E-state index is 8.88. The van der Waals surface area contributed by atoms with Crippen LogP contribution < -0.4 is 5.73 Å². The number of nitrogens with two attached hydrogens (primary N) is 1. The average molecular weight is 500 g/mol. The molecule has 204 valence electrons. The van der Waals surface area contributed by atoms with E-state index in [0.29, 0.717) is 6.61 Å². The van der Waals surface area contributed by atoms with Crippen LogP contribution in [0.3, 0.4) is 0 Å². The third kappa shape index (κ3) is 50.0. The molecule has 0 spiro atoms. The number of aliphatic hydroxyl groups is 1. The predicted octanol–water partition coefficient (Wildman–Crippen LogP) is 5.74. The van der Waals surface area contributed by atoms with Gasteiger partial charge in [0.2, 0.25) is 0 Å². The number of nitrogens with zero attached hydrogens (tertiary/aromatic N) is 1. The summed E-state index contributed by atoms with van der Waals surface area (Å²) in [5.74, 6) is 0. The molecule has 0 saturated heterocycles. The fraction of sp³-hybridized carbons (Fsp3) is 1.00. The first kappa shape index (κ1) is 37.5. The van der Waals surface area contributed by atoms with Gasteiger partial charge in [-0.05, 0) is 19.4 Å². The Morgan fingerprint density at radius 1 is 0.606 bits per heavy atom. The molecule has 6 N–H and O–H groups in total. The summed E-state index contributed by atoms with van der Waals surface area (Å²) in [6, 6.07) is 0. The molecular weight excluding hydrogens is 439 g/mol. The summed E-state index contributed by atoms with van der Waals surface area (Å²) in [6.07, 6.45) is 24.0. The van der Waals surface area contributed by atoms with Crippen LogP contribution in [0.4, 0.5) is 0 Å². The Balaban J connectivity index is -0.000000529. The number of quaternary nitrogens is 1. The highest BCUT2D eigenvalue weighted by atomic mass is 31.2. The lowest BCUT2D eigenvalue weighted by Gasteiger charge is -2.28. The summed E-state index contributed by atoms with van der Waals surface area (Å²) in [7, 11) is -0.362. The van der Waals surface area contributed by atoms with Crippen LogP contribution in [0, 0.1) is 0 Å². The Hall–Kier alpha value is -0.0100. The van der Waals surface area contributed by atoms with Crippen molar-refractivity contribution in [2.75, 3.05) is 40.3 Å². The molecule has 0 bridgehead atoms. The molecule has 0 aliphatic rings. The summed E-state index contributed by atoms with van der Waals surface area (Å²) in [6.45, 7) is 7.65. The summed E-state index contributed by atoms with van der Waals surface area (Å²) < 4.78 is 9.82. The van der Waals surface area contributed by atoms with Crippen LogP contribution >= 0.6 is 7.82 Å². The second-order valence-electron chi connectivity index (χ2n) is 9.71. The van der Waals surface area contributed by atoms with Gasteiger partial charge in [-0.15, -0.1) is 0 Å². The van der Waals surface area contributed by atoms with E-state index in [1.807, 2.05) is 0 Å². The Kier molecular flexibility index (Phi) is 32.1. The molecule has 0 amide bonds. The fourth-order valence-corrected chi connectivity index (χ4v) is 3.68. The topological polar surface area (TPSA) is 124 Å². The van der Waals surface area contributed by atoms with E-state index >= 15 is 0 Å². The molecule has 0 aliphatic carbocycles. The predicted molar refractivity (Wildman–Crippen MR) is 142 cm³/mol. The van der Waals surface area contributed by atoms with Crippen LogP contribution in [0.2, 0.25) is 0 Å². The van der Waals surface area contributed by atoms with Crippen LogP contribution in [-0.2, 0) is 4.57 Å². The zero-order chi connectivity index (χ0) is 25.8. The quantitative estimate of drug-likeness (QED) is 0.0826. The molecule has 0 aromatic rings. The Labute approximate surface area is 206 Å². The molecule has 8 heteroatoms. The third-order valence-electron chi connectivity index (χ3n) is 5.59. The Morgan fingerprint density at radius 3 is 1.15 bits per heavy atom. The summed E-state index contributed by atoms with van der Waals surface area (Å²) in [4.78, 5) is 21.6. The number of unbranched alkanes of at least 4 members (excludes halogenated alkanes) is 15. The lowest BCUT2D eigenvalue weighted by molar-refractivity contribution is -0.890. The highest BCUT2D eigenvalue weighted by Crippen LogP contribution is 2.25. The van der Waals surface area contributed by atoms with Gasteiger partial charge in [-0.2, -0.15) is 0 Å². The van der Waals surface area contributed by atoms with Crippen molar-refractivity contribution in [1.29, 1.82) is 0 Å². The van der Waals surface area contributed by atoms with Crippen molar-refractivity contribution in [3.63, 3.8) is 0 Å². The minimum atomic E-state index is -4.64. The first-order valence-electron chi connectivity index (χ1n) is 13.4. The molecule has 0 rings (SSSR count). The van der Waals surface area contributed by atoms with E-state index < -0.39 is 7.82 Å². The van der Waals surface area contributed by atoms with Gasteiger partial charge < -0.3 is 30.0 Å². The SMILES string of the molecule is CCCCCCCCCCCCCCCCCCN.CCC[N+](C)(C)CCO.O=P(O)(O)O. The normalized spacial score (nSPS) is 11.4. The van der Waals surface area contributed by atoms with Gasteiger partial charge in [0.25, 0.3) is 0 Å². The number of rotatable bonds is 20. The van der Waals surface area contributed by atoms with Crippen molar-refractivity contribution >= 4 is 7.82 Å². The maximum Gasteiger partial charge on any atom is 0.466 e. The molecule has 0 atom stereocenters. The van der Waals surface area contributed by atoms with Gasteiger partial charge in [-0.25, -0.2) is 4.57 Å². The van der Waals surface area contributed by atoms with E-state index in [1.54, 1.807) is 0 Å². The Bertz CT molecular complexity index is 374. The van der Waals surface area contributed by atoms with E-state index in [4.69, 9.17) is 30.1 Å². The van der Waals surface area contributed by atoms with Crippen LogP contribution in [0.15, 0.2) is 0 Å². The number of likely N-dealkylation sites (N-methyl/N-ethyl adjacent to an activating group) is 1. The molecule has 0 radical (unpaired) electrons. The third-order valence-corrected chi connectivity index (χ3v) is 5.59. The van der Waals surface area contributed by atoms with Crippen molar-refractivity contribution in [1.82, 2.24) is 0 Å². The standard InChI is InChI=1S/C18H39N.C7H18NO.H3O4P/c1-2-3-4-5-6-7-8-9-10-11-12-13-14-15-16-17-18-19;1-4-5-8(2,3)6-7-9;1-5(2,3)4/h2-19H2,1H3;9H,4-7H2,1-3H3;(H3,1,2,3,4)/q;+1;. The zero-order valence-corrected chi connectivity index (χ0v) is 23.4. The van der Waals surface area contributed by atoms with Crippen molar-refractivity contribution in [2.45, 2.75) is 123 Å². The van der Waals surface area contributed by atoms with Gasteiger partial charge >= 0.3 is 7.82 Å². The van der Waals surface area contributed by atoms with E-state index in [1.165, 1.54) is 109 Å². The van der Waals surface area contributed by atoms with Gasteiger partial charge in [0.05, 0.1) is 27.2 Å². The number of hydrogen-bond donors (Lipinski definition) is 5. The first-order valence-corrected chi connectivity index (χ1v) is 15.0. The fourth-order valence-electron chi connectivity index (χ4n) is 3.68. The largest absolute Gasteiger partial charge is 0.466 e. The summed E-state index contributed by atoms with van der Waals surface area (Å²) in [5.41, 5.74) is 5.48. The minimum absolute atomic E-state index is 0.299. The molecule has 0 fully saturated rings. The van der Waals surface area contributed by atoms with Crippen LogP contribution in [0.5, 0.6) is 0 Å². The second-order valence-corrected chi connectivity index (χ2v) is 10.7. The maximum atomic E-state index is 8.88.